The lowest BCUT2D eigenvalue weighted by Crippen LogP contribution is -2.47. The molecular weight excluding hydrogens is 415 g/mol. The molecule has 5 heteroatoms. The minimum absolute atomic E-state index is 0.207. The maximum absolute atomic E-state index is 10.6. The van der Waals surface area contributed by atoms with Gasteiger partial charge in [0.2, 0.25) is 0 Å². The van der Waals surface area contributed by atoms with Crippen LogP contribution in [0.1, 0.15) is 36.9 Å². The lowest BCUT2D eigenvalue weighted by atomic mass is 9.90. The maximum atomic E-state index is 10.6. The van der Waals surface area contributed by atoms with Gasteiger partial charge in [-0.05, 0) is 54.3 Å². The van der Waals surface area contributed by atoms with E-state index in [1.807, 2.05) is 30.3 Å². The Kier molecular flexibility index (Phi) is 5.63. The highest BCUT2D eigenvalue weighted by Gasteiger charge is 2.33. The van der Waals surface area contributed by atoms with Gasteiger partial charge in [0.15, 0.2) is 0 Å². The average Bonchev–Trinajstić information content (AvgIpc) is 3.13. The zero-order valence-electron chi connectivity index (χ0n) is 16.9. The molecule has 1 fully saturated rings. The van der Waals surface area contributed by atoms with Gasteiger partial charge in [0.05, 0.1) is 22.5 Å². The molecule has 1 aliphatic heterocycles. The average molecular weight is 441 g/mol. The van der Waals surface area contributed by atoms with Crippen LogP contribution in [0.15, 0.2) is 54.6 Å². The minimum Gasteiger partial charge on any atom is -0.391 e. The van der Waals surface area contributed by atoms with Crippen molar-refractivity contribution in [2.75, 3.05) is 6.54 Å². The number of aliphatic hydroxyl groups excluding tert-OH is 1. The molecule has 0 amide bonds. The van der Waals surface area contributed by atoms with Gasteiger partial charge in [-0.3, -0.25) is 4.90 Å². The van der Waals surface area contributed by atoms with Crippen LogP contribution in [0.5, 0.6) is 0 Å². The molecule has 1 aliphatic carbocycles. The van der Waals surface area contributed by atoms with E-state index in [1.165, 1.54) is 17.7 Å². The van der Waals surface area contributed by atoms with E-state index in [0.717, 1.165) is 65.8 Å². The number of rotatable bonds is 3. The second-order valence-electron chi connectivity index (χ2n) is 8.43. The molecule has 2 aromatic carbocycles. The van der Waals surface area contributed by atoms with Crippen molar-refractivity contribution in [3.63, 3.8) is 0 Å². The summed E-state index contributed by atoms with van der Waals surface area (Å²) in [5, 5.41) is 12.1. The molecule has 2 heterocycles. The Labute approximate surface area is 187 Å². The number of hydrogen-bond donors (Lipinski definition) is 1. The highest BCUT2D eigenvalue weighted by molar-refractivity contribution is 6.32. The van der Waals surface area contributed by atoms with Crippen molar-refractivity contribution in [1.82, 2.24) is 9.47 Å². The summed E-state index contributed by atoms with van der Waals surface area (Å²) in [4.78, 5) is 2.48. The van der Waals surface area contributed by atoms with Crippen molar-refractivity contribution in [2.45, 2.75) is 50.8 Å². The summed E-state index contributed by atoms with van der Waals surface area (Å²) in [6, 6.07) is 18.6. The van der Waals surface area contributed by atoms with Crippen LogP contribution in [-0.2, 0) is 13.0 Å². The first-order valence-corrected chi connectivity index (χ1v) is 11.5. The van der Waals surface area contributed by atoms with Crippen LogP contribution in [0.25, 0.3) is 16.9 Å². The monoisotopic (exact) mass is 440 g/mol. The Morgan fingerprint density at radius 2 is 1.70 bits per heavy atom. The van der Waals surface area contributed by atoms with Crippen molar-refractivity contribution in [3.05, 3.63) is 75.9 Å². The molecule has 3 aromatic rings. The van der Waals surface area contributed by atoms with Crippen molar-refractivity contribution in [1.29, 1.82) is 0 Å². The molecule has 1 aromatic heterocycles. The Morgan fingerprint density at radius 3 is 2.47 bits per heavy atom. The third-order valence-corrected chi connectivity index (χ3v) is 7.17. The maximum Gasteiger partial charge on any atom is 0.0695 e. The fraction of sp³-hybridized carbons (Fsp3) is 0.360. The van der Waals surface area contributed by atoms with Crippen molar-refractivity contribution in [3.8, 4) is 16.9 Å². The van der Waals surface area contributed by atoms with E-state index in [1.54, 1.807) is 0 Å². The summed E-state index contributed by atoms with van der Waals surface area (Å²) in [6.45, 7) is 1.83. The van der Waals surface area contributed by atoms with E-state index in [-0.39, 0.29) is 12.1 Å². The number of para-hydroxylation sites is 1. The van der Waals surface area contributed by atoms with Gasteiger partial charge in [-0.25, -0.2) is 0 Å². The zero-order valence-corrected chi connectivity index (χ0v) is 18.4. The summed E-state index contributed by atoms with van der Waals surface area (Å²) < 4.78 is 2.32. The minimum atomic E-state index is -0.207. The largest absolute Gasteiger partial charge is 0.391 e. The van der Waals surface area contributed by atoms with Crippen molar-refractivity contribution < 1.29 is 5.11 Å². The Hall–Kier alpha value is -1.78. The van der Waals surface area contributed by atoms with E-state index >= 15 is 0 Å². The van der Waals surface area contributed by atoms with E-state index in [4.69, 9.17) is 23.2 Å². The summed E-state index contributed by atoms with van der Waals surface area (Å²) in [5.41, 5.74) is 5.91. The molecule has 2 aliphatic rings. The first kappa shape index (κ1) is 20.1. The predicted molar refractivity (Wildman–Crippen MR) is 124 cm³/mol. The molecule has 156 valence electrons. The van der Waals surface area contributed by atoms with E-state index in [2.05, 4.69) is 33.7 Å². The second kappa shape index (κ2) is 8.39. The smallest absolute Gasteiger partial charge is 0.0695 e. The number of aromatic nitrogens is 1. The lowest BCUT2D eigenvalue weighted by Gasteiger charge is -2.39. The van der Waals surface area contributed by atoms with Gasteiger partial charge >= 0.3 is 0 Å². The van der Waals surface area contributed by atoms with Crippen molar-refractivity contribution >= 4 is 23.2 Å². The number of halogens is 2. The number of aliphatic hydroxyl groups is 1. The topological polar surface area (TPSA) is 28.4 Å². The molecule has 1 saturated carbocycles. The van der Waals surface area contributed by atoms with Crippen LogP contribution in [-0.4, -0.2) is 33.3 Å². The van der Waals surface area contributed by atoms with Crippen LogP contribution in [0.2, 0.25) is 10.0 Å². The number of hydrogen-bond acceptors (Lipinski definition) is 2. The third kappa shape index (κ3) is 3.69. The summed E-state index contributed by atoms with van der Waals surface area (Å²) in [5.74, 6) is 0. The highest BCUT2D eigenvalue weighted by Crippen LogP contribution is 2.37. The molecular formula is C25H26Cl2N2O. The number of benzene rings is 2. The van der Waals surface area contributed by atoms with Gasteiger partial charge < -0.3 is 9.67 Å². The Balaban J connectivity index is 1.59. The SMILES string of the molecule is O[C@H]1CCCC[C@@H]1N1CCc2c(cc(-c3ccc(Cl)cc3)n2-c2ccccc2Cl)C1. The quantitative estimate of drug-likeness (QED) is 0.531. The fourth-order valence-electron chi connectivity index (χ4n) is 5.10. The molecule has 2 atom stereocenters. The first-order valence-electron chi connectivity index (χ1n) is 10.8. The van der Waals surface area contributed by atoms with E-state index in [0.29, 0.717) is 0 Å². The molecule has 0 unspecified atom stereocenters. The molecule has 0 spiro atoms. The summed E-state index contributed by atoms with van der Waals surface area (Å²) in [7, 11) is 0. The molecule has 0 bridgehead atoms. The van der Waals surface area contributed by atoms with Gasteiger partial charge in [0.25, 0.3) is 0 Å². The zero-order chi connectivity index (χ0) is 20.7. The Morgan fingerprint density at radius 1 is 0.933 bits per heavy atom. The van der Waals surface area contributed by atoms with Crippen LogP contribution in [0.3, 0.4) is 0 Å². The van der Waals surface area contributed by atoms with E-state index < -0.39 is 0 Å². The first-order chi connectivity index (χ1) is 14.6. The fourth-order valence-corrected chi connectivity index (χ4v) is 5.45. The predicted octanol–water partition coefficient (Wildman–Crippen LogP) is 6.11. The van der Waals surface area contributed by atoms with Gasteiger partial charge in [-0.1, -0.05) is 60.3 Å². The van der Waals surface area contributed by atoms with Crippen LogP contribution < -0.4 is 0 Å². The van der Waals surface area contributed by atoms with E-state index in [9.17, 15) is 5.11 Å². The molecule has 0 saturated heterocycles. The molecule has 30 heavy (non-hydrogen) atoms. The molecule has 3 nitrogen and oxygen atoms in total. The highest BCUT2D eigenvalue weighted by atomic mass is 35.5. The summed E-state index contributed by atoms with van der Waals surface area (Å²) in [6.07, 6.45) is 5.09. The van der Waals surface area contributed by atoms with Gasteiger partial charge in [-0.2, -0.15) is 0 Å². The van der Waals surface area contributed by atoms with Crippen molar-refractivity contribution in [2.24, 2.45) is 0 Å². The number of fused-ring (bicyclic) bond motifs is 1. The van der Waals surface area contributed by atoms with Crippen LogP contribution >= 0.6 is 23.2 Å². The molecule has 0 radical (unpaired) electrons. The lowest BCUT2D eigenvalue weighted by molar-refractivity contribution is 0.0130. The molecule has 5 rings (SSSR count). The number of nitrogens with zero attached hydrogens (tertiary/aromatic N) is 2. The summed E-state index contributed by atoms with van der Waals surface area (Å²) >= 11 is 12.8. The second-order valence-corrected chi connectivity index (χ2v) is 9.28. The third-order valence-electron chi connectivity index (χ3n) is 6.60. The van der Waals surface area contributed by atoms with Crippen LogP contribution in [0.4, 0.5) is 0 Å². The molecule has 1 N–H and O–H groups in total. The normalized spacial score (nSPS) is 22.1. The Bertz CT molecular complexity index is 1040. The van der Waals surface area contributed by atoms with Gasteiger partial charge in [0.1, 0.15) is 0 Å². The van der Waals surface area contributed by atoms with Gasteiger partial charge in [0, 0.05) is 36.3 Å². The van der Waals surface area contributed by atoms with Crippen LogP contribution in [0, 0.1) is 0 Å². The standard InChI is InChI=1S/C25H26Cl2N2O/c26-19-11-9-17(10-12-19)24-15-18-16-28(23-7-3-4-8-25(23)30)14-13-21(18)29(24)22-6-2-1-5-20(22)27/h1-2,5-6,9-12,15,23,25,30H,3-4,7-8,13-14,16H2/t23-,25-/m0/s1. The van der Waals surface area contributed by atoms with Gasteiger partial charge in [-0.15, -0.1) is 0 Å².